The van der Waals surface area contributed by atoms with E-state index in [0.717, 1.165) is 5.88 Å². The lowest BCUT2D eigenvalue weighted by atomic mass is 10.8. The number of hydrogen-bond acceptors (Lipinski definition) is 1. The molecule has 1 aliphatic heterocycles. The van der Waals surface area contributed by atoms with E-state index in [-0.39, 0.29) is 0 Å². The summed E-state index contributed by atoms with van der Waals surface area (Å²) in [5, 5.41) is 3.22. The topological polar surface area (TPSA) is 12.0 Å². The first-order valence-corrected chi connectivity index (χ1v) is 3.81. The van der Waals surface area contributed by atoms with Gasteiger partial charge in [-0.2, -0.15) is 10.5 Å². The Labute approximate surface area is 40.7 Å². The van der Waals surface area contributed by atoms with Gasteiger partial charge < -0.3 is 5.32 Å². The van der Waals surface area contributed by atoms with E-state index in [4.69, 9.17) is 0 Å². The van der Waals surface area contributed by atoms with Crippen molar-refractivity contribution in [3.05, 3.63) is 0 Å². The Morgan fingerprint density at radius 3 is 2.67 bits per heavy atom. The van der Waals surface area contributed by atoms with Crippen molar-refractivity contribution in [3.8, 4) is 0 Å². The molecule has 0 spiro atoms. The lowest BCUT2D eigenvalue weighted by Gasteiger charge is -1.83. The summed E-state index contributed by atoms with van der Waals surface area (Å²) in [7, 11) is 0.466. The Morgan fingerprint density at radius 1 is 1.67 bits per heavy atom. The monoisotopic (exact) mass is 103 g/mol. The van der Waals surface area contributed by atoms with Crippen LogP contribution in [0.25, 0.3) is 0 Å². The van der Waals surface area contributed by atoms with Gasteiger partial charge in [-0.15, -0.1) is 0 Å². The van der Waals surface area contributed by atoms with Gasteiger partial charge in [0, 0.05) is 18.2 Å². The summed E-state index contributed by atoms with van der Waals surface area (Å²) in [6.45, 7) is 1.19. The summed E-state index contributed by atoms with van der Waals surface area (Å²) in [4.78, 5) is 0. The molecule has 1 unspecified atom stereocenters. The molecule has 1 rings (SSSR count). The maximum atomic E-state index is 3.90. The molecule has 0 saturated carbocycles. The molecule has 0 aromatic carbocycles. The highest BCUT2D eigenvalue weighted by atomic mass is 32.2. The number of rotatable bonds is 0. The van der Waals surface area contributed by atoms with Gasteiger partial charge in [-0.25, -0.2) is 0 Å². The van der Waals surface area contributed by atoms with Crippen molar-refractivity contribution in [3.63, 3.8) is 0 Å². The third kappa shape index (κ3) is 0.820. The zero-order valence-corrected chi connectivity index (χ0v) is 4.55. The molecule has 0 radical (unpaired) electrons. The fourth-order valence-electron chi connectivity index (χ4n) is 0.505. The predicted molar refractivity (Wildman–Crippen MR) is 32.4 cm³/mol. The SMILES string of the molecule is C=S1CCNC1. The highest BCUT2D eigenvalue weighted by Crippen LogP contribution is 2.09. The largest absolute Gasteiger partial charge is 0.307 e. The van der Waals surface area contributed by atoms with E-state index in [0.29, 0.717) is 10.5 Å². The molecular weight excluding hydrogens is 94.1 g/mol. The molecule has 6 heavy (non-hydrogen) atoms. The van der Waals surface area contributed by atoms with Gasteiger partial charge in [-0.1, -0.05) is 5.87 Å². The fraction of sp³-hybridized carbons (Fsp3) is 0.750. The van der Waals surface area contributed by atoms with Crippen LogP contribution in [0.2, 0.25) is 0 Å². The molecule has 0 amide bonds. The van der Waals surface area contributed by atoms with Gasteiger partial charge in [0.15, 0.2) is 0 Å². The molecule has 1 atom stereocenters. The minimum absolute atomic E-state index is 0.466. The van der Waals surface area contributed by atoms with Crippen LogP contribution in [0.5, 0.6) is 0 Å². The van der Waals surface area contributed by atoms with Gasteiger partial charge in [-0.3, -0.25) is 0 Å². The molecule has 1 saturated heterocycles. The van der Waals surface area contributed by atoms with E-state index in [1.54, 1.807) is 0 Å². The first kappa shape index (κ1) is 4.34. The molecule has 1 aliphatic rings. The van der Waals surface area contributed by atoms with Gasteiger partial charge >= 0.3 is 0 Å². The van der Waals surface area contributed by atoms with Gasteiger partial charge in [0.1, 0.15) is 0 Å². The minimum atomic E-state index is 0.466. The van der Waals surface area contributed by atoms with Crippen LogP contribution < -0.4 is 5.32 Å². The van der Waals surface area contributed by atoms with E-state index in [1.807, 2.05) is 0 Å². The lowest BCUT2D eigenvalue weighted by Crippen LogP contribution is -2.04. The molecule has 1 N–H and O–H groups in total. The fourth-order valence-corrected chi connectivity index (χ4v) is 1.52. The molecule has 36 valence electrons. The molecule has 0 aliphatic carbocycles. The molecule has 1 heterocycles. The first-order chi connectivity index (χ1) is 2.89. The van der Waals surface area contributed by atoms with Crippen molar-refractivity contribution in [1.82, 2.24) is 5.32 Å². The van der Waals surface area contributed by atoms with Gasteiger partial charge in [-0.05, 0) is 0 Å². The second-order valence-corrected chi connectivity index (χ2v) is 3.38. The second kappa shape index (κ2) is 1.76. The Bertz CT molecular complexity index is 61.9. The van der Waals surface area contributed by atoms with Gasteiger partial charge in [0.05, 0.1) is 0 Å². The average Bonchev–Trinajstić information content (AvgIpc) is 1.86. The van der Waals surface area contributed by atoms with Gasteiger partial charge in [0.25, 0.3) is 0 Å². The molecule has 0 bridgehead atoms. The van der Waals surface area contributed by atoms with Crippen molar-refractivity contribution < 1.29 is 0 Å². The van der Waals surface area contributed by atoms with Crippen LogP contribution >= 0.6 is 10.5 Å². The van der Waals surface area contributed by atoms with E-state index in [2.05, 4.69) is 11.2 Å². The summed E-state index contributed by atoms with van der Waals surface area (Å²) >= 11 is 0. The Hall–Kier alpha value is 0.180. The minimum Gasteiger partial charge on any atom is -0.307 e. The van der Waals surface area contributed by atoms with Crippen LogP contribution in [0.4, 0.5) is 0 Å². The lowest BCUT2D eigenvalue weighted by molar-refractivity contribution is 0.885. The second-order valence-electron chi connectivity index (χ2n) is 1.46. The number of nitrogens with one attached hydrogen (secondary N) is 1. The maximum Gasteiger partial charge on any atom is 0.0363 e. The molecule has 1 fully saturated rings. The third-order valence-electron chi connectivity index (χ3n) is 0.874. The Balaban J connectivity index is 2.37. The van der Waals surface area contributed by atoms with Gasteiger partial charge in [0.2, 0.25) is 0 Å². The van der Waals surface area contributed by atoms with Crippen LogP contribution in [0, 0.1) is 0 Å². The van der Waals surface area contributed by atoms with Crippen molar-refractivity contribution in [2.75, 3.05) is 18.2 Å². The van der Waals surface area contributed by atoms with Crippen LogP contribution in [0.1, 0.15) is 0 Å². The molecule has 0 aromatic rings. The summed E-state index contributed by atoms with van der Waals surface area (Å²) < 4.78 is 0. The zero-order valence-electron chi connectivity index (χ0n) is 3.74. The highest BCUT2D eigenvalue weighted by Gasteiger charge is 1.97. The van der Waals surface area contributed by atoms with Crippen molar-refractivity contribution >= 4 is 16.4 Å². The molecule has 0 aromatic heterocycles. The summed E-state index contributed by atoms with van der Waals surface area (Å²) in [5.41, 5.74) is 0. The summed E-state index contributed by atoms with van der Waals surface area (Å²) in [5.74, 6) is 6.35. The van der Waals surface area contributed by atoms with E-state index in [9.17, 15) is 0 Å². The number of hydrogen-bond donors (Lipinski definition) is 1. The first-order valence-electron chi connectivity index (χ1n) is 2.07. The zero-order chi connectivity index (χ0) is 4.41. The molecule has 1 nitrogen and oxygen atoms in total. The third-order valence-corrected chi connectivity index (χ3v) is 2.27. The normalized spacial score (nSPS) is 34.3. The summed E-state index contributed by atoms with van der Waals surface area (Å²) in [6, 6.07) is 0. The van der Waals surface area contributed by atoms with Crippen LogP contribution in [-0.4, -0.2) is 24.0 Å². The standard InChI is InChI=1S/C4H9NS/c1-6-3-2-5-4-6/h5H,1-4H2. The maximum absolute atomic E-state index is 3.90. The predicted octanol–water partition coefficient (Wildman–Crippen LogP) is 0.248. The Kier molecular flexibility index (Phi) is 1.27. The van der Waals surface area contributed by atoms with E-state index >= 15 is 0 Å². The van der Waals surface area contributed by atoms with Crippen molar-refractivity contribution in [2.45, 2.75) is 0 Å². The van der Waals surface area contributed by atoms with E-state index < -0.39 is 0 Å². The smallest absolute Gasteiger partial charge is 0.0363 e. The van der Waals surface area contributed by atoms with E-state index in [1.165, 1.54) is 12.3 Å². The molecular formula is C4H9NS. The average molecular weight is 103 g/mol. The quantitative estimate of drug-likeness (QED) is 0.433. The Morgan fingerprint density at radius 2 is 2.50 bits per heavy atom. The highest BCUT2D eigenvalue weighted by molar-refractivity contribution is 8.14. The van der Waals surface area contributed by atoms with Crippen molar-refractivity contribution in [2.24, 2.45) is 0 Å². The summed E-state index contributed by atoms with van der Waals surface area (Å²) in [6.07, 6.45) is 0. The van der Waals surface area contributed by atoms with Crippen LogP contribution in [-0.2, 0) is 0 Å². The van der Waals surface area contributed by atoms with Crippen molar-refractivity contribution in [1.29, 1.82) is 0 Å². The molecule has 2 heteroatoms. The van der Waals surface area contributed by atoms with Crippen LogP contribution in [0.3, 0.4) is 0 Å². The van der Waals surface area contributed by atoms with Crippen LogP contribution in [0.15, 0.2) is 0 Å².